The van der Waals surface area contributed by atoms with E-state index < -0.39 is 5.91 Å². The molecule has 0 aliphatic heterocycles. The number of amides is 1. The molecule has 6 heteroatoms. The number of carbonyl (C=O) groups is 1. The maximum absolute atomic E-state index is 12.3. The monoisotopic (exact) mass is 336 g/mol. The van der Waals surface area contributed by atoms with Crippen LogP contribution < -0.4 is 15.6 Å². The highest BCUT2D eigenvalue weighted by atomic mass is 16.5. The van der Waals surface area contributed by atoms with E-state index in [2.05, 4.69) is 10.5 Å². The maximum Gasteiger partial charge on any atom is 0.277 e. The van der Waals surface area contributed by atoms with Gasteiger partial charge in [0, 0.05) is 0 Å². The van der Waals surface area contributed by atoms with E-state index in [0.29, 0.717) is 16.7 Å². The van der Waals surface area contributed by atoms with Crippen LogP contribution in [0.5, 0.6) is 5.75 Å². The predicted octanol–water partition coefficient (Wildman–Crippen LogP) is 2.63. The largest absolute Gasteiger partial charge is 0.484 e. The number of ether oxygens (including phenoxy) is 1. The van der Waals surface area contributed by atoms with Crippen LogP contribution in [0.25, 0.3) is 11.0 Å². The minimum atomic E-state index is -0.428. The summed E-state index contributed by atoms with van der Waals surface area (Å²) in [6.45, 7) is 1.76. The number of hydrogen-bond donors (Lipinski definition) is 1. The third-order valence-electron chi connectivity index (χ3n) is 3.46. The van der Waals surface area contributed by atoms with Crippen LogP contribution in [-0.2, 0) is 4.79 Å². The van der Waals surface area contributed by atoms with Crippen molar-refractivity contribution >= 4 is 23.1 Å². The van der Waals surface area contributed by atoms with Gasteiger partial charge in [-0.2, -0.15) is 5.10 Å². The van der Waals surface area contributed by atoms with Crippen molar-refractivity contribution in [3.8, 4) is 5.75 Å². The van der Waals surface area contributed by atoms with Crippen molar-refractivity contribution in [2.75, 3.05) is 6.61 Å². The second kappa shape index (κ2) is 7.44. The molecule has 2 aromatic carbocycles. The van der Waals surface area contributed by atoms with E-state index in [1.807, 2.05) is 25.1 Å². The van der Waals surface area contributed by atoms with E-state index in [1.165, 1.54) is 12.5 Å². The van der Waals surface area contributed by atoms with E-state index in [1.54, 1.807) is 30.3 Å². The molecule has 0 saturated heterocycles. The fourth-order valence-corrected chi connectivity index (χ4v) is 2.24. The van der Waals surface area contributed by atoms with E-state index in [9.17, 15) is 9.59 Å². The summed E-state index contributed by atoms with van der Waals surface area (Å²) in [6, 6.07) is 14.3. The van der Waals surface area contributed by atoms with Gasteiger partial charge in [-0.05, 0) is 36.8 Å². The number of nitrogens with one attached hydrogen (secondary N) is 1. The van der Waals surface area contributed by atoms with Crippen LogP contribution >= 0.6 is 0 Å². The molecule has 1 N–H and O–H groups in total. The predicted molar refractivity (Wildman–Crippen MR) is 94.9 cm³/mol. The number of nitrogens with zero attached hydrogens (tertiary/aromatic N) is 1. The quantitative estimate of drug-likeness (QED) is 0.574. The molecular weight excluding hydrogens is 320 g/mol. The van der Waals surface area contributed by atoms with Gasteiger partial charge in [-0.25, -0.2) is 5.43 Å². The van der Waals surface area contributed by atoms with Gasteiger partial charge < -0.3 is 9.15 Å². The van der Waals surface area contributed by atoms with Crippen molar-refractivity contribution in [2.45, 2.75) is 6.92 Å². The van der Waals surface area contributed by atoms with Crippen LogP contribution in [0.15, 0.2) is 69.1 Å². The third-order valence-corrected chi connectivity index (χ3v) is 3.46. The van der Waals surface area contributed by atoms with Gasteiger partial charge in [-0.3, -0.25) is 9.59 Å². The van der Waals surface area contributed by atoms with Crippen LogP contribution in [0.4, 0.5) is 0 Å². The van der Waals surface area contributed by atoms with Gasteiger partial charge in [0.1, 0.15) is 17.6 Å². The summed E-state index contributed by atoms with van der Waals surface area (Å²) in [5.74, 6) is 0.178. The summed E-state index contributed by atoms with van der Waals surface area (Å²) in [5, 5.41) is 4.23. The fourth-order valence-electron chi connectivity index (χ4n) is 2.24. The van der Waals surface area contributed by atoms with E-state index >= 15 is 0 Å². The smallest absolute Gasteiger partial charge is 0.277 e. The number of para-hydroxylation sites is 1. The lowest BCUT2D eigenvalue weighted by atomic mass is 10.2. The summed E-state index contributed by atoms with van der Waals surface area (Å²) in [4.78, 5) is 24.0. The minimum absolute atomic E-state index is 0.173. The Labute approximate surface area is 143 Å². The zero-order valence-corrected chi connectivity index (χ0v) is 13.6. The van der Waals surface area contributed by atoms with Crippen molar-refractivity contribution < 1.29 is 13.9 Å². The van der Waals surface area contributed by atoms with Gasteiger partial charge in [-0.1, -0.05) is 24.3 Å². The molecule has 1 heterocycles. The topological polar surface area (TPSA) is 80.9 Å². The molecule has 1 amide bonds. The Morgan fingerprint density at radius 2 is 2.08 bits per heavy atom. The van der Waals surface area contributed by atoms with Gasteiger partial charge in [0.05, 0.1) is 17.2 Å². The number of benzene rings is 2. The Kier molecular flexibility index (Phi) is 4.89. The lowest BCUT2D eigenvalue weighted by Crippen LogP contribution is -2.25. The first kappa shape index (κ1) is 16.4. The molecule has 0 spiro atoms. The molecule has 0 saturated carbocycles. The van der Waals surface area contributed by atoms with E-state index in [-0.39, 0.29) is 17.6 Å². The SMILES string of the molecule is Cc1cccc(OCC(=O)NN=Cc2coc3ccccc3c2=O)c1. The van der Waals surface area contributed by atoms with Gasteiger partial charge in [0.2, 0.25) is 5.43 Å². The Bertz CT molecular complexity index is 992. The Morgan fingerprint density at radius 1 is 1.24 bits per heavy atom. The number of rotatable bonds is 5. The Hall–Kier alpha value is -3.41. The summed E-state index contributed by atoms with van der Waals surface area (Å²) >= 11 is 0. The summed E-state index contributed by atoms with van der Waals surface area (Å²) in [7, 11) is 0. The third kappa shape index (κ3) is 4.11. The van der Waals surface area contributed by atoms with Crippen molar-refractivity contribution in [3.05, 3.63) is 76.1 Å². The number of carbonyl (C=O) groups excluding carboxylic acids is 1. The van der Waals surface area contributed by atoms with Crippen molar-refractivity contribution in [3.63, 3.8) is 0 Å². The first-order chi connectivity index (χ1) is 12.1. The van der Waals surface area contributed by atoms with E-state index in [0.717, 1.165) is 5.56 Å². The van der Waals surface area contributed by atoms with Gasteiger partial charge in [0.25, 0.3) is 5.91 Å². The molecule has 0 radical (unpaired) electrons. The van der Waals surface area contributed by atoms with Crippen LogP contribution in [-0.4, -0.2) is 18.7 Å². The molecular formula is C19H16N2O4. The van der Waals surface area contributed by atoms with Crippen molar-refractivity contribution in [1.29, 1.82) is 0 Å². The molecule has 3 aromatic rings. The van der Waals surface area contributed by atoms with Crippen molar-refractivity contribution in [2.24, 2.45) is 5.10 Å². The summed E-state index contributed by atoms with van der Waals surface area (Å²) in [5.41, 5.74) is 3.89. The highest BCUT2D eigenvalue weighted by Crippen LogP contribution is 2.12. The zero-order chi connectivity index (χ0) is 17.6. The summed E-state index contributed by atoms with van der Waals surface area (Å²) in [6.07, 6.45) is 2.56. The number of hydrogen-bond acceptors (Lipinski definition) is 5. The van der Waals surface area contributed by atoms with Gasteiger partial charge in [0.15, 0.2) is 6.61 Å². The lowest BCUT2D eigenvalue weighted by molar-refractivity contribution is -0.123. The van der Waals surface area contributed by atoms with E-state index in [4.69, 9.17) is 9.15 Å². The number of aryl methyl sites for hydroxylation is 1. The molecule has 25 heavy (non-hydrogen) atoms. The first-order valence-corrected chi connectivity index (χ1v) is 7.65. The lowest BCUT2D eigenvalue weighted by Gasteiger charge is -2.05. The second-order valence-corrected chi connectivity index (χ2v) is 5.41. The average Bonchev–Trinajstić information content (AvgIpc) is 2.62. The first-order valence-electron chi connectivity index (χ1n) is 7.65. The Morgan fingerprint density at radius 3 is 2.92 bits per heavy atom. The standard InChI is InChI=1S/C19H16N2O4/c1-13-5-4-6-15(9-13)24-12-18(22)21-20-10-14-11-25-17-8-3-2-7-16(17)19(14)23/h2-11H,12H2,1H3,(H,21,22). The normalized spacial score (nSPS) is 10.9. The highest BCUT2D eigenvalue weighted by molar-refractivity contribution is 5.87. The maximum atomic E-state index is 12.3. The minimum Gasteiger partial charge on any atom is -0.484 e. The number of hydrazone groups is 1. The summed E-state index contributed by atoms with van der Waals surface area (Å²) < 4.78 is 10.7. The average molecular weight is 336 g/mol. The number of fused-ring (bicyclic) bond motifs is 1. The molecule has 0 aliphatic carbocycles. The Balaban J connectivity index is 1.60. The molecule has 126 valence electrons. The highest BCUT2D eigenvalue weighted by Gasteiger charge is 2.05. The molecule has 1 aromatic heterocycles. The van der Waals surface area contributed by atoms with Gasteiger partial charge in [-0.15, -0.1) is 0 Å². The fraction of sp³-hybridized carbons (Fsp3) is 0.105. The zero-order valence-electron chi connectivity index (χ0n) is 13.6. The molecule has 0 aliphatic rings. The van der Waals surface area contributed by atoms with Crippen LogP contribution in [0.2, 0.25) is 0 Å². The molecule has 0 unspecified atom stereocenters. The second-order valence-electron chi connectivity index (χ2n) is 5.41. The molecule has 3 rings (SSSR count). The van der Waals surface area contributed by atoms with Crippen molar-refractivity contribution in [1.82, 2.24) is 5.43 Å². The molecule has 0 fully saturated rings. The van der Waals surface area contributed by atoms with Gasteiger partial charge >= 0.3 is 0 Å². The molecule has 0 atom stereocenters. The molecule has 0 bridgehead atoms. The van der Waals surface area contributed by atoms with Crippen LogP contribution in [0.1, 0.15) is 11.1 Å². The van der Waals surface area contributed by atoms with Crippen LogP contribution in [0.3, 0.4) is 0 Å². The van der Waals surface area contributed by atoms with Crippen LogP contribution in [0, 0.1) is 6.92 Å². The molecule has 6 nitrogen and oxygen atoms in total.